The third-order valence-electron chi connectivity index (χ3n) is 7.50. The highest BCUT2D eigenvalue weighted by Crippen LogP contribution is 2.40. The summed E-state index contributed by atoms with van der Waals surface area (Å²) < 4.78 is 24.9. The number of H-pyrrole nitrogens is 1. The van der Waals surface area contributed by atoms with E-state index in [2.05, 4.69) is 15.6 Å². The summed E-state index contributed by atoms with van der Waals surface area (Å²) in [4.78, 5) is 40.6. The van der Waals surface area contributed by atoms with Gasteiger partial charge >= 0.3 is 5.97 Å². The Kier molecular flexibility index (Phi) is 9.16. The van der Waals surface area contributed by atoms with Crippen LogP contribution in [0.15, 0.2) is 66.7 Å². The minimum Gasteiger partial charge on any atom is -0.486 e. The normalized spacial score (nSPS) is 12.5. The van der Waals surface area contributed by atoms with Gasteiger partial charge in [-0.25, -0.2) is 4.39 Å². The van der Waals surface area contributed by atoms with Gasteiger partial charge < -0.3 is 25.1 Å². The minimum atomic E-state index is -0.498. The molecule has 1 aromatic heterocycles. The summed E-state index contributed by atoms with van der Waals surface area (Å²) in [6, 6.07) is 19.7. The average Bonchev–Trinajstić information content (AvgIpc) is 3.38. The Labute approximate surface area is 243 Å². The zero-order valence-corrected chi connectivity index (χ0v) is 23.5. The number of ether oxygens (including phenoxy) is 2. The number of aromatic nitrogens is 1. The maximum absolute atomic E-state index is 13.8. The number of carbonyl (C=O) groups excluding carboxylic acids is 3. The van der Waals surface area contributed by atoms with Gasteiger partial charge in [0.2, 0.25) is 5.91 Å². The highest BCUT2D eigenvalue weighted by molar-refractivity contribution is 5.95. The van der Waals surface area contributed by atoms with Crippen LogP contribution in [0.1, 0.15) is 43.2 Å². The molecule has 0 radical (unpaired) electrons. The van der Waals surface area contributed by atoms with Gasteiger partial charge in [-0.2, -0.15) is 0 Å². The van der Waals surface area contributed by atoms with Crippen LogP contribution in [0.4, 0.5) is 10.1 Å². The highest BCUT2D eigenvalue weighted by Gasteiger charge is 2.23. The van der Waals surface area contributed by atoms with Crippen molar-refractivity contribution in [2.45, 2.75) is 45.3 Å². The van der Waals surface area contributed by atoms with Gasteiger partial charge in [-0.15, -0.1) is 0 Å². The highest BCUT2D eigenvalue weighted by atomic mass is 19.1. The summed E-state index contributed by atoms with van der Waals surface area (Å²) in [6.07, 6.45) is 1.98. The monoisotopic (exact) mass is 571 g/mol. The Morgan fingerprint density at radius 3 is 2.67 bits per heavy atom. The van der Waals surface area contributed by atoms with Gasteiger partial charge in [0.1, 0.15) is 24.8 Å². The topological polar surface area (TPSA) is 110 Å². The molecule has 1 atom stereocenters. The molecule has 1 aliphatic rings. The third-order valence-corrected chi connectivity index (χ3v) is 7.50. The van der Waals surface area contributed by atoms with Crippen molar-refractivity contribution in [1.29, 1.82) is 0 Å². The number of esters is 1. The second-order valence-electron chi connectivity index (χ2n) is 10.5. The quantitative estimate of drug-likeness (QED) is 0.136. The number of benzene rings is 3. The van der Waals surface area contributed by atoms with Crippen LogP contribution in [-0.4, -0.2) is 36.3 Å². The van der Waals surface area contributed by atoms with Crippen LogP contribution in [0.2, 0.25) is 0 Å². The van der Waals surface area contributed by atoms with Crippen molar-refractivity contribution in [3.8, 4) is 17.0 Å². The van der Waals surface area contributed by atoms with Gasteiger partial charge in [-0.1, -0.05) is 36.8 Å². The fraction of sp³-hybridized carbons (Fsp3) is 0.303. The van der Waals surface area contributed by atoms with E-state index in [4.69, 9.17) is 9.47 Å². The lowest BCUT2D eigenvalue weighted by Gasteiger charge is -2.20. The number of fused-ring (bicyclic) bond motifs is 5. The molecule has 4 aromatic rings. The molecule has 9 heteroatoms. The van der Waals surface area contributed by atoms with Gasteiger partial charge in [0.15, 0.2) is 5.78 Å². The first kappa shape index (κ1) is 28.9. The lowest BCUT2D eigenvalue weighted by Crippen LogP contribution is -2.30. The van der Waals surface area contributed by atoms with E-state index in [9.17, 15) is 18.8 Å². The Balaban J connectivity index is 1.10. The lowest BCUT2D eigenvalue weighted by molar-refractivity contribution is -0.145. The smallest absolute Gasteiger partial charge is 0.306 e. The molecule has 0 fully saturated rings. The number of hydrogen-bond acceptors (Lipinski definition) is 6. The van der Waals surface area contributed by atoms with E-state index in [1.807, 2.05) is 42.5 Å². The number of aromatic amines is 1. The number of anilines is 1. The Bertz CT molecular complexity index is 1580. The van der Waals surface area contributed by atoms with Gasteiger partial charge in [-0.05, 0) is 48.7 Å². The molecule has 0 aliphatic carbocycles. The molecule has 0 saturated carbocycles. The molecule has 8 nitrogen and oxygen atoms in total. The van der Waals surface area contributed by atoms with Crippen molar-refractivity contribution in [2.75, 3.05) is 19.0 Å². The number of hydrogen-bond donors (Lipinski definition) is 3. The summed E-state index contributed by atoms with van der Waals surface area (Å²) in [5.74, 6) is -0.915. The fourth-order valence-corrected chi connectivity index (χ4v) is 5.29. The molecule has 3 aromatic carbocycles. The number of amides is 1. The molecule has 3 N–H and O–H groups in total. The van der Waals surface area contributed by atoms with Crippen LogP contribution in [0, 0.1) is 11.7 Å². The zero-order valence-electron chi connectivity index (χ0n) is 23.5. The number of ketones is 1. The molecule has 2 heterocycles. The van der Waals surface area contributed by atoms with E-state index in [-0.39, 0.29) is 49.5 Å². The van der Waals surface area contributed by atoms with Crippen molar-refractivity contribution in [1.82, 2.24) is 10.3 Å². The van der Waals surface area contributed by atoms with E-state index >= 15 is 0 Å². The number of nitrogens with one attached hydrogen (secondary N) is 3. The average molecular weight is 572 g/mol. The predicted octanol–water partition coefficient (Wildman–Crippen LogP) is 5.90. The maximum Gasteiger partial charge on any atom is 0.306 e. The second kappa shape index (κ2) is 13.3. The fourth-order valence-electron chi connectivity index (χ4n) is 5.29. The lowest BCUT2D eigenvalue weighted by atomic mass is 9.95. The molecule has 1 amide bonds. The van der Waals surface area contributed by atoms with Gasteiger partial charge in [0.05, 0.1) is 5.69 Å². The molecular weight excluding hydrogens is 537 g/mol. The Morgan fingerprint density at radius 1 is 1.02 bits per heavy atom. The molecule has 218 valence electrons. The maximum atomic E-state index is 13.8. The van der Waals surface area contributed by atoms with Crippen LogP contribution >= 0.6 is 0 Å². The summed E-state index contributed by atoms with van der Waals surface area (Å²) in [5, 5.41) is 6.84. The van der Waals surface area contributed by atoms with Gasteiger partial charge in [-0.3, -0.25) is 14.4 Å². The molecule has 1 unspecified atom stereocenters. The van der Waals surface area contributed by atoms with Crippen molar-refractivity contribution in [3.05, 3.63) is 83.7 Å². The van der Waals surface area contributed by atoms with Crippen LogP contribution < -0.4 is 15.4 Å². The molecule has 42 heavy (non-hydrogen) atoms. The number of halogens is 1. The third kappa shape index (κ3) is 6.97. The van der Waals surface area contributed by atoms with E-state index in [1.54, 1.807) is 19.2 Å². The van der Waals surface area contributed by atoms with Crippen molar-refractivity contribution < 1.29 is 28.2 Å². The Morgan fingerprint density at radius 2 is 1.86 bits per heavy atom. The van der Waals surface area contributed by atoms with Crippen LogP contribution in [0.25, 0.3) is 22.2 Å². The van der Waals surface area contributed by atoms with Crippen LogP contribution in [0.5, 0.6) is 5.75 Å². The Hall–Kier alpha value is -4.66. The molecular formula is C33H34FN3O5. The molecule has 0 bridgehead atoms. The molecule has 0 saturated heterocycles. The van der Waals surface area contributed by atoms with Gasteiger partial charge in [0, 0.05) is 66.1 Å². The van der Waals surface area contributed by atoms with E-state index in [1.165, 1.54) is 12.1 Å². The first-order chi connectivity index (χ1) is 20.4. The second-order valence-corrected chi connectivity index (χ2v) is 10.5. The summed E-state index contributed by atoms with van der Waals surface area (Å²) in [5.41, 5.74) is 5.53. The first-order valence-electron chi connectivity index (χ1n) is 14.2. The first-order valence-corrected chi connectivity index (χ1v) is 14.2. The predicted molar refractivity (Wildman–Crippen MR) is 158 cm³/mol. The number of carbonyl (C=O) groups is 3. The summed E-state index contributed by atoms with van der Waals surface area (Å²) in [7, 11) is 1.55. The molecule has 0 spiro atoms. The van der Waals surface area contributed by atoms with Crippen molar-refractivity contribution >= 4 is 34.3 Å². The van der Waals surface area contributed by atoms with Crippen LogP contribution in [0.3, 0.4) is 0 Å². The van der Waals surface area contributed by atoms with Crippen LogP contribution in [-0.2, 0) is 32.3 Å². The molecule has 1 aliphatic heterocycles. The SMILES string of the molecule is CNC(=O)C(CCCCC(=O)OCc1ccccc1)CC(=O)COc1ccc2c(c1)NCc1c-2[nH]c2ccc(F)cc12. The summed E-state index contributed by atoms with van der Waals surface area (Å²) in [6.45, 7) is 0.613. The van der Waals surface area contributed by atoms with E-state index < -0.39 is 5.92 Å². The number of Topliss-reactive ketones (excluding diaryl/α,β-unsaturated/α-hetero) is 1. The number of unbranched alkanes of at least 4 members (excludes halogenated alkanes) is 1. The molecule has 5 rings (SSSR count). The summed E-state index contributed by atoms with van der Waals surface area (Å²) >= 11 is 0. The minimum absolute atomic E-state index is 0.0519. The van der Waals surface area contributed by atoms with E-state index in [0.717, 1.165) is 39.0 Å². The van der Waals surface area contributed by atoms with Crippen molar-refractivity contribution in [2.24, 2.45) is 5.92 Å². The largest absolute Gasteiger partial charge is 0.486 e. The zero-order chi connectivity index (χ0) is 29.5. The number of rotatable bonds is 13. The van der Waals surface area contributed by atoms with Gasteiger partial charge in [0.25, 0.3) is 0 Å². The van der Waals surface area contributed by atoms with E-state index in [0.29, 0.717) is 31.6 Å². The standard InChI is InChI=1S/C33H34FN3O5/c1-35-33(40)22(9-5-6-10-31(39)42-19-21-7-3-2-4-8-21)15-24(38)20-41-25-12-13-26-30(17-25)36-18-28-27-16-23(34)11-14-29(27)37-32(26)28/h2-4,7-8,11-14,16-17,22,36-37H,5-6,9-10,15,18-20H2,1H3,(H,35,40). The van der Waals surface area contributed by atoms with Crippen molar-refractivity contribution in [3.63, 3.8) is 0 Å².